The summed E-state index contributed by atoms with van der Waals surface area (Å²) in [6, 6.07) is 0. The van der Waals surface area contributed by atoms with E-state index >= 15 is 0 Å². The molecule has 0 aromatic heterocycles. The van der Waals surface area contributed by atoms with E-state index in [0.29, 0.717) is 5.41 Å². The highest BCUT2D eigenvalue weighted by Gasteiger charge is 2.36. The predicted molar refractivity (Wildman–Crippen MR) is 69.6 cm³/mol. The molecule has 1 saturated heterocycles. The third kappa shape index (κ3) is 2.97. The van der Waals surface area contributed by atoms with Crippen molar-refractivity contribution in [2.45, 2.75) is 56.7 Å². The zero-order chi connectivity index (χ0) is 10.7. The van der Waals surface area contributed by atoms with Gasteiger partial charge in [-0.3, -0.25) is 0 Å². The molecule has 0 aromatic rings. The first-order chi connectivity index (χ1) is 7.24. The molecule has 1 aliphatic heterocycles. The number of hydrogen-bond donors (Lipinski definition) is 0. The van der Waals surface area contributed by atoms with Gasteiger partial charge in [-0.05, 0) is 57.0 Å². The van der Waals surface area contributed by atoms with Gasteiger partial charge in [0.25, 0.3) is 0 Å². The maximum atomic E-state index is 3.77. The van der Waals surface area contributed by atoms with E-state index in [4.69, 9.17) is 0 Å². The normalized spacial score (nSPS) is 32.0. The average molecular weight is 274 g/mol. The summed E-state index contributed by atoms with van der Waals surface area (Å²) < 4.78 is 0. The van der Waals surface area contributed by atoms with E-state index in [0.717, 1.165) is 4.83 Å². The van der Waals surface area contributed by atoms with Gasteiger partial charge in [0.2, 0.25) is 0 Å². The molecule has 15 heavy (non-hydrogen) atoms. The van der Waals surface area contributed by atoms with Gasteiger partial charge in [-0.15, -0.1) is 0 Å². The van der Waals surface area contributed by atoms with E-state index in [-0.39, 0.29) is 0 Å². The highest BCUT2D eigenvalue weighted by Crippen LogP contribution is 2.44. The Morgan fingerprint density at radius 1 is 1.20 bits per heavy atom. The second-order valence-corrected chi connectivity index (χ2v) is 6.81. The number of alkyl halides is 1. The quantitative estimate of drug-likeness (QED) is 0.707. The van der Waals surface area contributed by atoms with Crippen molar-refractivity contribution < 1.29 is 0 Å². The molecule has 88 valence electrons. The molecule has 1 saturated carbocycles. The summed E-state index contributed by atoms with van der Waals surface area (Å²) in [5.74, 6) is 0. The van der Waals surface area contributed by atoms with Crippen LogP contribution >= 0.6 is 15.9 Å². The van der Waals surface area contributed by atoms with Crippen LogP contribution in [-0.2, 0) is 0 Å². The Morgan fingerprint density at radius 2 is 2.00 bits per heavy atom. The Hall–Kier alpha value is 0.440. The molecule has 1 heterocycles. The van der Waals surface area contributed by atoms with Gasteiger partial charge in [-0.2, -0.15) is 0 Å². The van der Waals surface area contributed by atoms with Gasteiger partial charge >= 0.3 is 0 Å². The summed E-state index contributed by atoms with van der Waals surface area (Å²) in [5, 5.41) is 0. The molecule has 1 unspecified atom stereocenters. The molecule has 1 nitrogen and oxygen atoms in total. The van der Waals surface area contributed by atoms with Crippen LogP contribution in [0, 0.1) is 5.41 Å². The minimum Gasteiger partial charge on any atom is -0.303 e. The Morgan fingerprint density at radius 3 is 2.60 bits per heavy atom. The first-order valence-electron chi connectivity index (χ1n) is 6.60. The molecular weight excluding hydrogens is 250 g/mol. The van der Waals surface area contributed by atoms with Crippen LogP contribution in [0.2, 0.25) is 0 Å². The topological polar surface area (TPSA) is 3.24 Å². The van der Waals surface area contributed by atoms with Crippen LogP contribution < -0.4 is 0 Å². The monoisotopic (exact) mass is 273 g/mol. The minimum absolute atomic E-state index is 0.714. The fourth-order valence-corrected chi connectivity index (χ4v) is 3.58. The van der Waals surface area contributed by atoms with Crippen LogP contribution in [0.25, 0.3) is 0 Å². The number of rotatable bonds is 3. The molecule has 0 spiro atoms. The zero-order valence-corrected chi connectivity index (χ0v) is 11.6. The van der Waals surface area contributed by atoms with Crippen LogP contribution in [0.4, 0.5) is 0 Å². The largest absolute Gasteiger partial charge is 0.303 e. The lowest BCUT2D eigenvalue weighted by Gasteiger charge is -2.44. The highest BCUT2D eigenvalue weighted by atomic mass is 79.9. The molecule has 2 heteroatoms. The molecule has 0 radical (unpaired) electrons. The fourth-order valence-electron chi connectivity index (χ4n) is 3.05. The van der Waals surface area contributed by atoms with Crippen molar-refractivity contribution in [3.05, 3.63) is 0 Å². The van der Waals surface area contributed by atoms with Crippen LogP contribution in [0.15, 0.2) is 0 Å². The van der Waals surface area contributed by atoms with Crippen molar-refractivity contribution in [2.24, 2.45) is 5.41 Å². The van der Waals surface area contributed by atoms with Crippen LogP contribution in [-0.4, -0.2) is 29.4 Å². The molecule has 2 rings (SSSR count). The summed E-state index contributed by atoms with van der Waals surface area (Å²) in [5.41, 5.74) is 0.714. The summed E-state index contributed by atoms with van der Waals surface area (Å²) in [7, 11) is 0. The van der Waals surface area contributed by atoms with Crippen molar-refractivity contribution in [2.75, 3.05) is 19.6 Å². The third-order valence-corrected chi connectivity index (χ3v) is 5.39. The van der Waals surface area contributed by atoms with Gasteiger partial charge in [0.05, 0.1) is 0 Å². The van der Waals surface area contributed by atoms with Crippen molar-refractivity contribution in [1.82, 2.24) is 4.90 Å². The molecule has 0 amide bonds. The Labute approximate surface area is 103 Å². The number of nitrogens with zero attached hydrogens (tertiary/aromatic N) is 1. The molecule has 2 aliphatic rings. The Kier molecular flexibility index (Phi) is 4.11. The maximum Gasteiger partial charge on any atom is 0.0158 e. The van der Waals surface area contributed by atoms with Crippen LogP contribution in [0.1, 0.15) is 51.9 Å². The standard InChI is InChI=1S/C13H24BrN/c1-2-13(7-4-8-13)11-15-9-3-5-12(14)6-10-15/h12H,2-11H2,1H3. The Bertz CT molecular complexity index is 195. The molecule has 0 aromatic carbocycles. The minimum atomic E-state index is 0.714. The summed E-state index contributed by atoms with van der Waals surface area (Å²) in [4.78, 5) is 3.51. The molecule has 0 bridgehead atoms. The lowest BCUT2D eigenvalue weighted by Crippen LogP contribution is -2.42. The first-order valence-corrected chi connectivity index (χ1v) is 7.52. The molecule has 1 atom stereocenters. The van der Waals surface area contributed by atoms with Crippen molar-refractivity contribution >= 4 is 15.9 Å². The summed E-state index contributed by atoms with van der Waals surface area (Å²) >= 11 is 3.77. The predicted octanol–water partition coefficient (Wildman–Crippen LogP) is 3.82. The molecule has 0 N–H and O–H groups in total. The van der Waals surface area contributed by atoms with E-state index in [1.165, 1.54) is 64.6 Å². The van der Waals surface area contributed by atoms with E-state index in [9.17, 15) is 0 Å². The fraction of sp³-hybridized carbons (Fsp3) is 1.00. The van der Waals surface area contributed by atoms with Crippen molar-refractivity contribution in [3.63, 3.8) is 0 Å². The van der Waals surface area contributed by atoms with E-state index < -0.39 is 0 Å². The van der Waals surface area contributed by atoms with Gasteiger partial charge in [-0.25, -0.2) is 0 Å². The average Bonchev–Trinajstić information content (AvgIpc) is 2.37. The molecule has 1 aliphatic carbocycles. The van der Waals surface area contributed by atoms with Gasteiger partial charge < -0.3 is 4.90 Å². The lowest BCUT2D eigenvalue weighted by molar-refractivity contribution is 0.0639. The zero-order valence-electron chi connectivity index (χ0n) is 9.97. The van der Waals surface area contributed by atoms with E-state index in [1.807, 2.05) is 0 Å². The van der Waals surface area contributed by atoms with Gasteiger partial charge in [-0.1, -0.05) is 29.3 Å². The number of hydrogen-bond acceptors (Lipinski definition) is 1. The smallest absolute Gasteiger partial charge is 0.0158 e. The molecular formula is C13H24BrN. The van der Waals surface area contributed by atoms with Crippen molar-refractivity contribution in [1.29, 1.82) is 0 Å². The van der Waals surface area contributed by atoms with Gasteiger partial charge in [0.15, 0.2) is 0 Å². The summed E-state index contributed by atoms with van der Waals surface area (Å²) in [6.07, 6.45) is 9.94. The first kappa shape index (κ1) is 11.9. The summed E-state index contributed by atoms with van der Waals surface area (Å²) in [6.45, 7) is 6.41. The third-order valence-electron chi connectivity index (χ3n) is 4.47. The SMILES string of the molecule is CCC1(CN2CCCC(Br)CC2)CCC1. The van der Waals surface area contributed by atoms with E-state index in [1.54, 1.807) is 0 Å². The second kappa shape index (κ2) is 5.18. The van der Waals surface area contributed by atoms with E-state index in [2.05, 4.69) is 27.8 Å². The van der Waals surface area contributed by atoms with Crippen LogP contribution in [0.3, 0.4) is 0 Å². The second-order valence-electron chi connectivity index (χ2n) is 5.51. The Balaban J connectivity index is 1.82. The van der Waals surface area contributed by atoms with Crippen molar-refractivity contribution in [3.8, 4) is 0 Å². The van der Waals surface area contributed by atoms with Gasteiger partial charge in [0.1, 0.15) is 0 Å². The highest BCUT2D eigenvalue weighted by molar-refractivity contribution is 9.09. The van der Waals surface area contributed by atoms with Gasteiger partial charge in [0, 0.05) is 11.4 Å². The molecule has 2 fully saturated rings. The lowest BCUT2D eigenvalue weighted by atomic mass is 9.66. The number of halogens is 1. The number of likely N-dealkylation sites (tertiary alicyclic amines) is 1. The van der Waals surface area contributed by atoms with Crippen LogP contribution in [0.5, 0.6) is 0 Å². The maximum absolute atomic E-state index is 3.77.